The number of thioether (sulfide) groups is 1. The van der Waals surface area contributed by atoms with Crippen LogP contribution in [0.15, 0.2) is 102 Å². The standard InChI is InChI=1S/C24H22N2O2S/c25-23-26(21(17-29-23)16-22(27)28)24(18-10-4-1-5-11-18,19-12-6-2-7-13-19)20-14-8-3-9-15-20/h1-15,17,23H,16,25H2,(H,27,28). The van der Waals surface area contributed by atoms with Crippen LogP contribution < -0.4 is 5.73 Å². The lowest BCUT2D eigenvalue weighted by molar-refractivity contribution is -0.136. The number of hydrogen-bond donors (Lipinski definition) is 2. The largest absolute Gasteiger partial charge is 0.481 e. The fraction of sp³-hybridized carbons (Fsp3) is 0.125. The summed E-state index contributed by atoms with van der Waals surface area (Å²) in [5.41, 5.74) is 9.22. The SMILES string of the molecule is NC1SC=C(CC(=O)O)N1C(c1ccccc1)(c1ccccc1)c1ccccc1. The molecule has 0 bridgehead atoms. The Hall–Kier alpha value is -3.02. The van der Waals surface area contributed by atoms with Gasteiger partial charge in [0.2, 0.25) is 0 Å². The highest BCUT2D eigenvalue weighted by Crippen LogP contribution is 2.49. The van der Waals surface area contributed by atoms with Crippen LogP contribution in [0.25, 0.3) is 0 Å². The summed E-state index contributed by atoms with van der Waals surface area (Å²) in [6.45, 7) is 0. The highest BCUT2D eigenvalue weighted by atomic mass is 32.2. The van der Waals surface area contributed by atoms with Gasteiger partial charge in [0.25, 0.3) is 0 Å². The van der Waals surface area contributed by atoms with Gasteiger partial charge in [-0.1, -0.05) is 103 Å². The van der Waals surface area contributed by atoms with E-state index in [-0.39, 0.29) is 6.42 Å². The summed E-state index contributed by atoms with van der Waals surface area (Å²) in [6, 6.07) is 30.4. The molecule has 4 nitrogen and oxygen atoms in total. The Kier molecular flexibility index (Phi) is 5.43. The summed E-state index contributed by atoms with van der Waals surface area (Å²) in [7, 11) is 0. The molecule has 1 unspecified atom stereocenters. The van der Waals surface area contributed by atoms with E-state index in [2.05, 4.69) is 41.3 Å². The molecule has 1 aliphatic rings. The molecule has 4 rings (SSSR count). The van der Waals surface area contributed by atoms with Gasteiger partial charge in [-0.05, 0) is 22.1 Å². The Morgan fingerprint density at radius 1 is 0.862 bits per heavy atom. The number of aliphatic carboxylic acids is 1. The van der Waals surface area contributed by atoms with Crippen LogP contribution in [0.1, 0.15) is 23.1 Å². The average Bonchev–Trinajstić information content (AvgIpc) is 3.11. The van der Waals surface area contributed by atoms with Gasteiger partial charge in [0.15, 0.2) is 0 Å². The summed E-state index contributed by atoms with van der Waals surface area (Å²) in [5.74, 6) is -0.876. The first-order valence-corrected chi connectivity index (χ1v) is 10.4. The van der Waals surface area contributed by atoms with Crippen LogP contribution in [0.2, 0.25) is 0 Å². The van der Waals surface area contributed by atoms with Gasteiger partial charge in [-0.2, -0.15) is 0 Å². The van der Waals surface area contributed by atoms with Crippen LogP contribution in [0.4, 0.5) is 0 Å². The first-order valence-electron chi connectivity index (χ1n) is 9.42. The maximum atomic E-state index is 11.6. The fourth-order valence-corrected chi connectivity index (χ4v) is 4.98. The van der Waals surface area contributed by atoms with Gasteiger partial charge in [-0.25, -0.2) is 0 Å². The third-order valence-corrected chi connectivity index (χ3v) is 6.07. The molecule has 1 aliphatic heterocycles. The van der Waals surface area contributed by atoms with E-state index in [9.17, 15) is 9.90 Å². The van der Waals surface area contributed by atoms with E-state index in [1.54, 1.807) is 0 Å². The van der Waals surface area contributed by atoms with Crippen LogP contribution in [-0.2, 0) is 10.3 Å². The summed E-state index contributed by atoms with van der Waals surface area (Å²) in [5, 5.41) is 11.4. The van der Waals surface area contributed by atoms with Crippen molar-refractivity contribution in [2.45, 2.75) is 17.5 Å². The zero-order valence-electron chi connectivity index (χ0n) is 15.8. The molecule has 0 aliphatic carbocycles. The van der Waals surface area contributed by atoms with E-state index < -0.39 is 17.0 Å². The van der Waals surface area contributed by atoms with Crippen LogP contribution in [0.3, 0.4) is 0 Å². The average molecular weight is 403 g/mol. The van der Waals surface area contributed by atoms with Crippen molar-refractivity contribution in [3.05, 3.63) is 119 Å². The molecule has 1 heterocycles. The molecule has 0 aromatic heterocycles. The molecule has 5 heteroatoms. The minimum absolute atomic E-state index is 0.0883. The second kappa shape index (κ2) is 8.15. The molecule has 29 heavy (non-hydrogen) atoms. The van der Waals surface area contributed by atoms with E-state index in [0.29, 0.717) is 5.70 Å². The van der Waals surface area contributed by atoms with Crippen molar-refractivity contribution >= 4 is 17.7 Å². The molecule has 0 saturated carbocycles. The normalized spacial score (nSPS) is 16.5. The summed E-state index contributed by atoms with van der Waals surface area (Å²) >= 11 is 1.44. The number of carboxylic acid groups (broad SMARTS) is 1. The van der Waals surface area contributed by atoms with E-state index in [1.165, 1.54) is 11.8 Å². The highest BCUT2D eigenvalue weighted by molar-refractivity contribution is 8.02. The maximum Gasteiger partial charge on any atom is 0.309 e. The summed E-state index contributed by atoms with van der Waals surface area (Å²) in [6.07, 6.45) is -0.0883. The molecule has 146 valence electrons. The van der Waals surface area contributed by atoms with Crippen molar-refractivity contribution in [1.29, 1.82) is 0 Å². The molecular formula is C24H22N2O2S. The Morgan fingerprint density at radius 2 is 1.28 bits per heavy atom. The molecule has 0 saturated heterocycles. The van der Waals surface area contributed by atoms with Crippen molar-refractivity contribution < 1.29 is 9.90 Å². The van der Waals surface area contributed by atoms with Crippen LogP contribution in [0.5, 0.6) is 0 Å². The lowest BCUT2D eigenvalue weighted by Crippen LogP contribution is -2.52. The smallest absolute Gasteiger partial charge is 0.309 e. The number of nitrogens with zero attached hydrogens (tertiary/aromatic N) is 1. The third kappa shape index (κ3) is 3.43. The van der Waals surface area contributed by atoms with Crippen LogP contribution >= 0.6 is 11.8 Å². The molecular weight excluding hydrogens is 380 g/mol. The van der Waals surface area contributed by atoms with E-state index in [4.69, 9.17) is 5.73 Å². The number of nitrogens with two attached hydrogens (primary N) is 1. The predicted octanol–water partition coefficient (Wildman–Crippen LogP) is 4.59. The summed E-state index contributed by atoms with van der Waals surface area (Å²) in [4.78, 5) is 13.7. The van der Waals surface area contributed by atoms with Gasteiger partial charge in [0.05, 0.1) is 6.42 Å². The Morgan fingerprint density at radius 3 is 1.66 bits per heavy atom. The fourth-order valence-electron chi connectivity index (χ4n) is 4.07. The zero-order valence-corrected chi connectivity index (χ0v) is 16.6. The molecule has 3 N–H and O–H groups in total. The molecule has 0 spiro atoms. The highest BCUT2D eigenvalue weighted by Gasteiger charge is 2.47. The Balaban J connectivity index is 2.06. The Bertz CT molecular complexity index is 910. The van der Waals surface area contributed by atoms with Gasteiger partial charge in [-0.15, -0.1) is 0 Å². The monoisotopic (exact) mass is 402 g/mol. The summed E-state index contributed by atoms with van der Waals surface area (Å²) < 4.78 is 0. The molecule has 0 fully saturated rings. The van der Waals surface area contributed by atoms with Crippen molar-refractivity contribution in [2.75, 3.05) is 0 Å². The maximum absolute atomic E-state index is 11.6. The van der Waals surface area contributed by atoms with Crippen LogP contribution in [0, 0.1) is 0 Å². The second-order valence-electron chi connectivity index (χ2n) is 6.88. The van der Waals surface area contributed by atoms with Crippen LogP contribution in [-0.4, -0.2) is 21.5 Å². The number of carbonyl (C=O) groups is 1. The van der Waals surface area contributed by atoms with E-state index in [0.717, 1.165) is 16.7 Å². The number of carboxylic acids is 1. The van der Waals surface area contributed by atoms with Crippen molar-refractivity contribution in [3.63, 3.8) is 0 Å². The van der Waals surface area contributed by atoms with Gasteiger partial charge < -0.3 is 15.7 Å². The lowest BCUT2D eigenvalue weighted by Gasteiger charge is -2.47. The van der Waals surface area contributed by atoms with Gasteiger partial charge >= 0.3 is 5.97 Å². The number of rotatable bonds is 6. The predicted molar refractivity (Wildman–Crippen MR) is 117 cm³/mol. The van der Waals surface area contributed by atoms with Crippen molar-refractivity contribution in [1.82, 2.24) is 4.90 Å². The van der Waals surface area contributed by atoms with Gasteiger partial charge in [-0.3, -0.25) is 4.79 Å². The molecule has 0 amide bonds. The lowest BCUT2D eigenvalue weighted by atomic mass is 9.75. The molecule has 1 atom stereocenters. The van der Waals surface area contributed by atoms with Crippen molar-refractivity contribution in [3.8, 4) is 0 Å². The quantitative estimate of drug-likeness (QED) is 0.591. The van der Waals surface area contributed by atoms with Crippen molar-refractivity contribution in [2.24, 2.45) is 5.73 Å². The van der Waals surface area contributed by atoms with Gasteiger partial charge in [0.1, 0.15) is 11.0 Å². The Labute approximate surface area is 174 Å². The first-order chi connectivity index (χ1) is 14.1. The minimum atomic E-state index is -0.876. The third-order valence-electron chi connectivity index (χ3n) is 5.18. The van der Waals surface area contributed by atoms with Gasteiger partial charge in [0, 0.05) is 5.70 Å². The second-order valence-corrected chi connectivity index (χ2v) is 7.88. The number of hydrogen-bond acceptors (Lipinski definition) is 4. The zero-order chi connectivity index (χ0) is 20.3. The first kappa shape index (κ1) is 19.3. The molecule has 3 aromatic rings. The minimum Gasteiger partial charge on any atom is -0.481 e. The molecule has 0 radical (unpaired) electrons. The number of benzene rings is 3. The molecule has 3 aromatic carbocycles. The van der Waals surface area contributed by atoms with E-state index in [1.807, 2.05) is 60.0 Å². The topological polar surface area (TPSA) is 66.6 Å². The van der Waals surface area contributed by atoms with E-state index >= 15 is 0 Å².